The number of benzene rings is 5. The zero-order valence-corrected chi connectivity index (χ0v) is 21.2. The number of rotatable bonds is 6. The second kappa shape index (κ2) is 9.51. The van der Waals surface area contributed by atoms with Crippen LogP contribution in [-0.4, -0.2) is 21.3 Å². The molecule has 6 rings (SSSR count). The van der Waals surface area contributed by atoms with Crippen molar-refractivity contribution in [1.29, 1.82) is 0 Å². The SMILES string of the molecule is COc1ccc(-c2cc3c(c(-c4ccc(OC)cc4)c2-c2ccc(OC)cc2)Cc2ccccc2-3)cc1. The van der Waals surface area contributed by atoms with Gasteiger partial charge in [0.1, 0.15) is 17.2 Å². The van der Waals surface area contributed by atoms with Crippen molar-refractivity contribution in [3.63, 3.8) is 0 Å². The third-order valence-electron chi connectivity index (χ3n) is 7.27. The fourth-order valence-electron chi connectivity index (χ4n) is 5.41. The van der Waals surface area contributed by atoms with Crippen LogP contribution in [0.5, 0.6) is 17.2 Å². The van der Waals surface area contributed by atoms with Crippen molar-refractivity contribution in [2.75, 3.05) is 21.3 Å². The lowest BCUT2D eigenvalue weighted by molar-refractivity contribution is 0.414. The molecular weight excluding hydrogens is 456 g/mol. The Labute approximate surface area is 217 Å². The van der Waals surface area contributed by atoms with Crippen LogP contribution in [0.2, 0.25) is 0 Å². The highest BCUT2D eigenvalue weighted by Gasteiger charge is 2.27. The summed E-state index contributed by atoms with van der Waals surface area (Å²) in [6.07, 6.45) is 0.902. The summed E-state index contributed by atoms with van der Waals surface area (Å²) in [6.45, 7) is 0. The van der Waals surface area contributed by atoms with Gasteiger partial charge in [0.15, 0.2) is 0 Å². The van der Waals surface area contributed by atoms with Gasteiger partial charge in [-0.15, -0.1) is 0 Å². The van der Waals surface area contributed by atoms with Crippen molar-refractivity contribution >= 4 is 0 Å². The van der Waals surface area contributed by atoms with E-state index in [9.17, 15) is 0 Å². The molecule has 0 heterocycles. The topological polar surface area (TPSA) is 27.7 Å². The van der Waals surface area contributed by atoms with Crippen LogP contribution in [0.15, 0.2) is 103 Å². The molecule has 1 aliphatic rings. The molecule has 0 N–H and O–H groups in total. The van der Waals surface area contributed by atoms with Crippen LogP contribution in [0.3, 0.4) is 0 Å². The Hall–Kier alpha value is -4.50. The lowest BCUT2D eigenvalue weighted by atomic mass is 9.82. The maximum Gasteiger partial charge on any atom is 0.118 e. The first-order valence-electron chi connectivity index (χ1n) is 12.4. The summed E-state index contributed by atoms with van der Waals surface area (Å²) in [7, 11) is 5.11. The quantitative estimate of drug-likeness (QED) is 0.238. The van der Waals surface area contributed by atoms with E-state index in [1.54, 1.807) is 21.3 Å². The van der Waals surface area contributed by atoms with Crippen molar-refractivity contribution in [2.24, 2.45) is 0 Å². The Kier molecular flexibility index (Phi) is 5.90. The number of hydrogen-bond donors (Lipinski definition) is 0. The highest BCUT2D eigenvalue weighted by Crippen LogP contribution is 2.50. The normalized spacial score (nSPS) is 11.5. The first-order chi connectivity index (χ1) is 18.2. The van der Waals surface area contributed by atoms with Gasteiger partial charge >= 0.3 is 0 Å². The average molecular weight is 485 g/mol. The van der Waals surface area contributed by atoms with Gasteiger partial charge in [0.05, 0.1) is 21.3 Å². The van der Waals surface area contributed by atoms with E-state index in [1.807, 2.05) is 36.4 Å². The Balaban J connectivity index is 1.70. The molecule has 0 spiro atoms. The zero-order valence-electron chi connectivity index (χ0n) is 21.2. The van der Waals surface area contributed by atoms with Gasteiger partial charge in [0.25, 0.3) is 0 Å². The van der Waals surface area contributed by atoms with Gasteiger partial charge in [-0.3, -0.25) is 0 Å². The summed E-state index contributed by atoms with van der Waals surface area (Å²) in [5.41, 5.74) is 12.4. The molecule has 0 fully saturated rings. The van der Waals surface area contributed by atoms with E-state index in [0.29, 0.717) is 0 Å². The standard InChI is InChI=1S/C34H28O3/c1-35-26-14-8-22(9-15-26)30-21-31-29-7-5-4-6-25(29)20-32(31)34(24-12-18-28(37-3)19-13-24)33(30)23-10-16-27(36-2)17-11-23/h4-19,21H,20H2,1-3H3. The molecule has 1 aliphatic carbocycles. The first kappa shape index (κ1) is 22.9. The molecule has 37 heavy (non-hydrogen) atoms. The molecule has 3 heteroatoms. The molecule has 0 aliphatic heterocycles. The van der Waals surface area contributed by atoms with E-state index in [-0.39, 0.29) is 0 Å². The van der Waals surface area contributed by atoms with E-state index >= 15 is 0 Å². The predicted octanol–water partition coefficient (Wildman–Crippen LogP) is 8.28. The van der Waals surface area contributed by atoms with Crippen molar-refractivity contribution in [1.82, 2.24) is 0 Å². The first-order valence-corrected chi connectivity index (χ1v) is 12.4. The summed E-state index contributed by atoms with van der Waals surface area (Å²) < 4.78 is 16.4. The molecule has 0 atom stereocenters. The molecule has 5 aromatic rings. The number of fused-ring (bicyclic) bond motifs is 3. The minimum absolute atomic E-state index is 0.842. The van der Waals surface area contributed by atoms with Crippen LogP contribution in [0.25, 0.3) is 44.5 Å². The molecule has 0 unspecified atom stereocenters. The molecule has 182 valence electrons. The van der Waals surface area contributed by atoms with E-state index in [0.717, 1.165) is 34.8 Å². The fraction of sp³-hybridized carbons (Fsp3) is 0.118. The lowest BCUT2D eigenvalue weighted by Crippen LogP contribution is -1.97. The summed E-state index contributed by atoms with van der Waals surface area (Å²) >= 11 is 0. The number of hydrogen-bond acceptors (Lipinski definition) is 3. The second-order valence-corrected chi connectivity index (χ2v) is 9.22. The molecule has 0 amide bonds. The third-order valence-corrected chi connectivity index (χ3v) is 7.27. The summed E-state index contributed by atoms with van der Waals surface area (Å²) in [6, 6.07) is 36.3. The Bertz CT molecular complexity index is 1560. The zero-order chi connectivity index (χ0) is 25.4. The van der Waals surface area contributed by atoms with E-state index in [4.69, 9.17) is 14.2 Å². The van der Waals surface area contributed by atoms with Crippen LogP contribution in [0.1, 0.15) is 11.1 Å². The predicted molar refractivity (Wildman–Crippen MR) is 151 cm³/mol. The minimum atomic E-state index is 0.842. The second-order valence-electron chi connectivity index (χ2n) is 9.22. The number of ether oxygens (including phenoxy) is 3. The average Bonchev–Trinajstić information content (AvgIpc) is 3.35. The molecular formula is C34H28O3. The van der Waals surface area contributed by atoms with Gasteiger partial charge in [-0.05, 0) is 105 Å². The molecule has 0 saturated heterocycles. The van der Waals surface area contributed by atoms with Crippen LogP contribution in [-0.2, 0) is 6.42 Å². The smallest absolute Gasteiger partial charge is 0.118 e. The van der Waals surface area contributed by atoms with Gasteiger partial charge in [-0.1, -0.05) is 60.7 Å². The third kappa shape index (κ3) is 4.03. The highest BCUT2D eigenvalue weighted by atomic mass is 16.5. The van der Waals surface area contributed by atoms with Gasteiger partial charge in [0.2, 0.25) is 0 Å². The summed E-state index contributed by atoms with van der Waals surface area (Å²) in [4.78, 5) is 0. The van der Waals surface area contributed by atoms with Gasteiger partial charge in [0, 0.05) is 0 Å². The minimum Gasteiger partial charge on any atom is -0.497 e. The van der Waals surface area contributed by atoms with Crippen molar-refractivity contribution in [2.45, 2.75) is 6.42 Å². The number of methoxy groups -OCH3 is 3. The monoisotopic (exact) mass is 484 g/mol. The fourth-order valence-corrected chi connectivity index (χ4v) is 5.41. The van der Waals surface area contributed by atoms with Crippen LogP contribution in [0, 0.1) is 0 Å². The van der Waals surface area contributed by atoms with Crippen LogP contribution < -0.4 is 14.2 Å². The van der Waals surface area contributed by atoms with Crippen LogP contribution >= 0.6 is 0 Å². The lowest BCUT2D eigenvalue weighted by Gasteiger charge is -2.21. The van der Waals surface area contributed by atoms with E-state index in [2.05, 4.69) is 66.7 Å². The molecule has 0 saturated carbocycles. The molecule has 3 nitrogen and oxygen atoms in total. The maximum absolute atomic E-state index is 5.48. The van der Waals surface area contributed by atoms with Gasteiger partial charge < -0.3 is 14.2 Å². The molecule has 5 aromatic carbocycles. The summed E-state index contributed by atoms with van der Waals surface area (Å²) in [5.74, 6) is 2.53. The van der Waals surface area contributed by atoms with E-state index < -0.39 is 0 Å². The Morgan fingerprint density at radius 3 is 1.49 bits per heavy atom. The molecule has 0 radical (unpaired) electrons. The molecule has 0 aromatic heterocycles. The Morgan fingerprint density at radius 1 is 0.459 bits per heavy atom. The largest absolute Gasteiger partial charge is 0.497 e. The van der Waals surface area contributed by atoms with Crippen molar-refractivity contribution in [3.05, 3.63) is 114 Å². The maximum atomic E-state index is 5.48. The van der Waals surface area contributed by atoms with E-state index in [1.165, 1.54) is 44.5 Å². The van der Waals surface area contributed by atoms with Crippen LogP contribution in [0.4, 0.5) is 0 Å². The molecule has 0 bridgehead atoms. The van der Waals surface area contributed by atoms with Gasteiger partial charge in [-0.2, -0.15) is 0 Å². The Morgan fingerprint density at radius 2 is 0.946 bits per heavy atom. The highest BCUT2D eigenvalue weighted by molar-refractivity contribution is 6.01. The van der Waals surface area contributed by atoms with Crippen molar-refractivity contribution < 1.29 is 14.2 Å². The summed E-state index contributed by atoms with van der Waals surface area (Å²) in [5, 5.41) is 0. The van der Waals surface area contributed by atoms with Gasteiger partial charge in [-0.25, -0.2) is 0 Å². The van der Waals surface area contributed by atoms with Crippen molar-refractivity contribution in [3.8, 4) is 61.8 Å².